The molecule has 0 aliphatic carbocycles. The molecular formula is C15H19CaNS2. The van der Waals surface area contributed by atoms with Crippen molar-refractivity contribution < 1.29 is 0 Å². The summed E-state index contributed by atoms with van der Waals surface area (Å²) in [7, 11) is -0.463. The normalized spacial score (nSPS) is 10.4. The molecule has 0 aliphatic rings. The van der Waals surface area contributed by atoms with Crippen LogP contribution >= 0.6 is 23.1 Å². The number of thiol groups is 1. The zero-order valence-electron chi connectivity index (χ0n) is 10.1. The second-order valence-corrected chi connectivity index (χ2v) is 7.10. The van der Waals surface area contributed by atoms with Crippen LogP contribution in [0.4, 0.5) is 0 Å². The first kappa shape index (κ1) is 17.0. The summed E-state index contributed by atoms with van der Waals surface area (Å²) < 4.78 is 0.665. The van der Waals surface area contributed by atoms with Gasteiger partial charge in [0.1, 0.15) is 4.32 Å². The van der Waals surface area contributed by atoms with E-state index < -0.39 is 10.9 Å². The van der Waals surface area contributed by atoms with Gasteiger partial charge in [-0.25, -0.2) is 0 Å². The van der Waals surface area contributed by atoms with Crippen LogP contribution in [0.1, 0.15) is 11.1 Å². The number of thiocarbonyl (C=S) groups is 1. The van der Waals surface area contributed by atoms with Crippen molar-refractivity contribution in [3.05, 3.63) is 71.8 Å². The van der Waals surface area contributed by atoms with Gasteiger partial charge in [-0.3, -0.25) is 0 Å². The SMILES string of the molecule is NC(=S)[SH](Cc1ccccc1)Cc1ccccc1.[CaH2]. The standard InChI is InChI=1S/C15H17NS2.Ca.2H/c16-15(17)18(11-13-7-3-1-4-8-13)12-14-9-5-2-6-10-14;;;/h1-10,18H,11-12H2,(H2,16,17);;;. The van der Waals surface area contributed by atoms with E-state index in [1.807, 2.05) is 12.1 Å². The summed E-state index contributed by atoms with van der Waals surface area (Å²) >= 11 is 5.22. The van der Waals surface area contributed by atoms with E-state index in [2.05, 4.69) is 48.5 Å². The topological polar surface area (TPSA) is 26.0 Å². The van der Waals surface area contributed by atoms with E-state index in [9.17, 15) is 0 Å². The average molecular weight is 318 g/mol. The van der Waals surface area contributed by atoms with Gasteiger partial charge in [0.05, 0.1) is 0 Å². The van der Waals surface area contributed by atoms with Crippen LogP contribution in [0.2, 0.25) is 0 Å². The molecule has 0 saturated heterocycles. The quantitative estimate of drug-likeness (QED) is 0.515. The molecule has 0 amide bonds. The van der Waals surface area contributed by atoms with Gasteiger partial charge in [0.25, 0.3) is 0 Å². The van der Waals surface area contributed by atoms with Gasteiger partial charge in [-0.1, -0.05) is 72.9 Å². The summed E-state index contributed by atoms with van der Waals surface area (Å²) in [5.74, 6) is 1.95. The van der Waals surface area contributed by atoms with Crippen LogP contribution in [0.25, 0.3) is 0 Å². The van der Waals surface area contributed by atoms with Crippen molar-refractivity contribution in [2.45, 2.75) is 11.5 Å². The molecule has 0 bridgehead atoms. The number of nitrogens with two attached hydrogens (primary N) is 1. The Morgan fingerprint density at radius 3 is 1.53 bits per heavy atom. The Kier molecular flexibility index (Phi) is 8.03. The fourth-order valence-electron chi connectivity index (χ4n) is 1.82. The van der Waals surface area contributed by atoms with E-state index in [0.29, 0.717) is 4.32 Å². The Labute approximate surface area is 152 Å². The number of rotatable bonds is 4. The third-order valence-corrected chi connectivity index (χ3v) is 5.64. The van der Waals surface area contributed by atoms with Crippen molar-refractivity contribution in [1.29, 1.82) is 0 Å². The Morgan fingerprint density at radius 2 is 1.21 bits per heavy atom. The predicted octanol–water partition coefficient (Wildman–Crippen LogP) is 2.72. The minimum atomic E-state index is -0.463. The summed E-state index contributed by atoms with van der Waals surface area (Å²) in [6, 6.07) is 20.9. The number of benzene rings is 2. The monoisotopic (exact) mass is 317 g/mol. The molecule has 2 rings (SSSR count). The van der Waals surface area contributed by atoms with Crippen LogP contribution in [0.15, 0.2) is 60.7 Å². The fourth-order valence-corrected chi connectivity index (χ4v) is 3.93. The van der Waals surface area contributed by atoms with E-state index in [4.69, 9.17) is 18.0 Å². The van der Waals surface area contributed by atoms with Gasteiger partial charge < -0.3 is 5.73 Å². The molecule has 4 heteroatoms. The van der Waals surface area contributed by atoms with Crippen LogP contribution in [0.5, 0.6) is 0 Å². The van der Waals surface area contributed by atoms with Crippen LogP contribution in [-0.4, -0.2) is 42.1 Å². The number of hydrogen-bond acceptors (Lipinski definition) is 1. The molecule has 0 atom stereocenters. The molecule has 2 aromatic rings. The zero-order valence-corrected chi connectivity index (χ0v) is 11.8. The molecule has 0 spiro atoms. The second kappa shape index (κ2) is 8.98. The van der Waals surface area contributed by atoms with E-state index in [0.717, 1.165) is 11.5 Å². The summed E-state index contributed by atoms with van der Waals surface area (Å²) in [6.07, 6.45) is 0. The summed E-state index contributed by atoms with van der Waals surface area (Å²) in [6.45, 7) is 0. The van der Waals surface area contributed by atoms with Gasteiger partial charge in [-0.15, -0.1) is 0 Å². The summed E-state index contributed by atoms with van der Waals surface area (Å²) in [4.78, 5) is 0. The third-order valence-electron chi connectivity index (χ3n) is 2.74. The first-order chi connectivity index (χ1) is 8.75. The number of hydrogen-bond donors (Lipinski definition) is 2. The Hall–Kier alpha value is -0.0603. The molecule has 19 heavy (non-hydrogen) atoms. The Bertz CT molecular complexity index is 461. The van der Waals surface area contributed by atoms with Crippen molar-refractivity contribution in [2.75, 3.05) is 0 Å². The molecule has 2 N–H and O–H groups in total. The average Bonchev–Trinajstić information content (AvgIpc) is 2.40. The summed E-state index contributed by atoms with van der Waals surface area (Å²) in [5.41, 5.74) is 8.52. The van der Waals surface area contributed by atoms with Crippen LogP contribution in [0, 0.1) is 0 Å². The summed E-state index contributed by atoms with van der Waals surface area (Å²) in [5, 5.41) is 0. The fraction of sp³-hybridized carbons (Fsp3) is 0.133. The van der Waals surface area contributed by atoms with E-state index in [1.165, 1.54) is 11.1 Å². The van der Waals surface area contributed by atoms with Gasteiger partial charge in [-0.2, -0.15) is 10.9 Å². The van der Waals surface area contributed by atoms with Crippen LogP contribution < -0.4 is 5.73 Å². The van der Waals surface area contributed by atoms with Gasteiger partial charge >= 0.3 is 37.7 Å². The van der Waals surface area contributed by atoms with Crippen molar-refractivity contribution in [3.63, 3.8) is 0 Å². The minimum absolute atomic E-state index is 0. The van der Waals surface area contributed by atoms with Crippen molar-refractivity contribution in [2.24, 2.45) is 5.73 Å². The van der Waals surface area contributed by atoms with Crippen molar-refractivity contribution in [3.8, 4) is 0 Å². The van der Waals surface area contributed by atoms with Crippen molar-refractivity contribution >= 4 is 65.2 Å². The molecule has 0 saturated carbocycles. The maximum absolute atomic E-state index is 5.89. The molecule has 0 aromatic heterocycles. The molecule has 98 valence electrons. The van der Waals surface area contributed by atoms with Gasteiger partial charge in [0.15, 0.2) is 0 Å². The van der Waals surface area contributed by atoms with Gasteiger partial charge in [-0.05, 0) is 11.1 Å². The predicted molar refractivity (Wildman–Crippen MR) is 94.6 cm³/mol. The van der Waals surface area contributed by atoms with Crippen molar-refractivity contribution in [1.82, 2.24) is 0 Å². The van der Waals surface area contributed by atoms with Gasteiger partial charge in [0.2, 0.25) is 0 Å². The molecule has 0 aliphatic heterocycles. The zero-order chi connectivity index (χ0) is 12.8. The van der Waals surface area contributed by atoms with E-state index in [1.54, 1.807) is 0 Å². The molecular weight excluding hydrogens is 298 g/mol. The maximum atomic E-state index is 5.89. The second-order valence-electron chi connectivity index (χ2n) is 4.17. The Morgan fingerprint density at radius 1 is 0.842 bits per heavy atom. The molecule has 0 fully saturated rings. The molecule has 0 heterocycles. The van der Waals surface area contributed by atoms with Crippen LogP contribution in [-0.2, 0) is 11.5 Å². The molecule has 1 nitrogen and oxygen atoms in total. The Balaban J connectivity index is 0.00000180. The molecule has 0 radical (unpaired) electrons. The molecule has 2 aromatic carbocycles. The molecule has 0 unspecified atom stereocenters. The van der Waals surface area contributed by atoms with E-state index in [-0.39, 0.29) is 37.7 Å². The van der Waals surface area contributed by atoms with E-state index >= 15 is 0 Å². The first-order valence-electron chi connectivity index (χ1n) is 5.88. The van der Waals surface area contributed by atoms with Gasteiger partial charge in [0, 0.05) is 11.5 Å². The third kappa shape index (κ3) is 5.84. The first-order valence-corrected chi connectivity index (χ1v) is 8.00. The van der Waals surface area contributed by atoms with Crippen LogP contribution in [0.3, 0.4) is 0 Å².